The maximum Gasteiger partial charge on any atom is 0.223 e. The van der Waals surface area contributed by atoms with Crippen LogP contribution in [0.25, 0.3) is 0 Å². The van der Waals surface area contributed by atoms with Crippen LogP contribution >= 0.6 is 0 Å². The fourth-order valence-electron chi connectivity index (χ4n) is 2.96. The molecule has 25 heavy (non-hydrogen) atoms. The molecule has 2 aromatic carbocycles. The number of carbonyl (C=O) groups is 1. The molecule has 0 aromatic heterocycles. The lowest BCUT2D eigenvalue weighted by Gasteiger charge is -2.33. The van der Waals surface area contributed by atoms with Gasteiger partial charge in [-0.05, 0) is 30.2 Å². The Bertz CT molecular complexity index is 783. The molecule has 1 aliphatic rings. The zero-order valence-corrected chi connectivity index (χ0v) is 13.8. The standard InChI is InChI=1S/C20H19FN2O2/c21-18-4-2-1-3-17(18)19-14-23(11-12-25-19)20(24)10-9-15-5-7-16(13-22)8-6-15/h1-8,19H,9-12,14H2. The molecule has 1 unspecified atom stereocenters. The number of morpholine rings is 1. The van der Waals surface area contributed by atoms with Crippen molar-refractivity contribution in [2.24, 2.45) is 0 Å². The number of amides is 1. The highest BCUT2D eigenvalue weighted by Gasteiger charge is 2.26. The van der Waals surface area contributed by atoms with E-state index in [9.17, 15) is 9.18 Å². The number of nitrogens with zero attached hydrogens (tertiary/aromatic N) is 2. The van der Waals surface area contributed by atoms with Gasteiger partial charge in [0.2, 0.25) is 5.91 Å². The van der Waals surface area contributed by atoms with Crippen LogP contribution in [-0.2, 0) is 16.0 Å². The summed E-state index contributed by atoms with van der Waals surface area (Å²) in [5.74, 6) is -0.270. The van der Waals surface area contributed by atoms with Crippen molar-refractivity contribution in [2.45, 2.75) is 18.9 Å². The van der Waals surface area contributed by atoms with Gasteiger partial charge in [-0.2, -0.15) is 5.26 Å². The average Bonchev–Trinajstić information content (AvgIpc) is 2.67. The third kappa shape index (κ3) is 4.23. The van der Waals surface area contributed by atoms with Crippen molar-refractivity contribution in [1.82, 2.24) is 4.90 Å². The van der Waals surface area contributed by atoms with Gasteiger partial charge >= 0.3 is 0 Å². The second kappa shape index (κ2) is 7.91. The van der Waals surface area contributed by atoms with Crippen LogP contribution in [-0.4, -0.2) is 30.5 Å². The first-order valence-corrected chi connectivity index (χ1v) is 8.30. The number of nitriles is 1. The van der Waals surface area contributed by atoms with Crippen LogP contribution in [0, 0.1) is 17.1 Å². The first-order chi connectivity index (χ1) is 12.2. The fraction of sp³-hybridized carbons (Fsp3) is 0.300. The molecule has 0 spiro atoms. The van der Waals surface area contributed by atoms with E-state index in [-0.39, 0.29) is 11.7 Å². The number of carbonyl (C=O) groups excluding carboxylic acids is 1. The van der Waals surface area contributed by atoms with Crippen molar-refractivity contribution in [3.05, 3.63) is 71.0 Å². The number of rotatable bonds is 4. The van der Waals surface area contributed by atoms with Crippen molar-refractivity contribution >= 4 is 5.91 Å². The van der Waals surface area contributed by atoms with Gasteiger partial charge in [0, 0.05) is 18.5 Å². The predicted molar refractivity (Wildman–Crippen MR) is 91.2 cm³/mol. The number of benzene rings is 2. The molecule has 1 atom stereocenters. The normalized spacial score (nSPS) is 17.1. The minimum atomic E-state index is -0.422. The van der Waals surface area contributed by atoms with Crippen molar-refractivity contribution in [2.75, 3.05) is 19.7 Å². The minimum absolute atomic E-state index is 0.0361. The molecule has 0 saturated carbocycles. The van der Waals surface area contributed by atoms with Crippen LogP contribution in [0.5, 0.6) is 0 Å². The zero-order valence-electron chi connectivity index (χ0n) is 13.8. The highest BCUT2D eigenvalue weighted by molar-refractivity contribution is 5.76. The number of halogens is 1. The summed E-state index contributed by atoms with van der Waals surface area (Å²) in [5.41, 5.74) is 2.12. The smallest absolute Gasteiger partial charge is 0.223 e. The molecule has 3 rings (SSSR count). The van der Waals surface area contributed by atoms with E-state index < -0.39 is 6.10 Å². The molecule has 1 heterocycles. The van der Waals surface area contributed by atoms with Gasteiger partial charge < -0.3 is 9.64 Å². The predicted octanol–water partition coefficient (Wildman–Crippen LogP) is 3.23. The van der Waals surface area contributed by atoms with Crippen LogP contribution in [0.4, 0.5) is 4.39 Å². The van der Waals surface area contributed by atoms with Crippen molar-refractivity contribution < 1.29 is 13.9 Å². The maximum absolute atomic E-state index is 13.9. The monoisotopic (exact) mass is 338 g/mol. The summed E-state index contributed by atoms with van der Waals surface area (Å²) in [7, 11) is 0. The summed E-state index contributed by atoms with van der Waals surface area (Å²) < 4.78 is 19.6. The van der Waals surface area contributed by atoms with E-state index in [0.717, 1.165) is 5.56 Å². The number of ether oxygens (including phenoxy) is 1. The van der Waals surface area contributed by atoms with Crippen LogP contribution in [0.3, 0.4) is 0 Å². The molecule has 0 radical (unpaired) electrons. The molecule has 1 aliphatic heterocycles. The Labute approximate surface area is 146 Å². The average molecular weight is 338 g/mol. The Morgan fingerprint density at radius 2 is 2.00 bits per heavy atom. The van der Waals surface area contributed by atoms with Crippen LogP contribution in [0.1, 0.15) is 29.2 Å². The molecule has 128 valence electrons. The van der Waals surface area contributed by atoms with Gasteiger partial charge in [0.1, 0.15) is 11.9 Å². The van der Waals surface area contributed by atoms with Crippen LogP contribution in [0.2, 0.25) is 0 Å². The van der Waals surface area contributed by atoms with Gasteiger partial charge in [-0.25, -0.2) is 4.39 Å². The highest BCUT2D eigenvalue weighted by Crippen LogP contribution is 2.25. The lowest BCUT2D eigenvalue weighted by molar-refractivity contribution is -0.139. The summed E-state index contributed by atoms with van der Waals surface area (Å²) in [6.07, 6.45) is 0.580. The molecular formula is C20H19FN2O2. The maximum atomic E-state index is 13.9. The third-order valence-corrected chi connectivity index (χ3v) is 4.38. The second-order valence-electron chi connectivity index (χ2n) is 6.03. The summed E-state index contributed by atoms with van der Waals surface area (Å²) in [4.78, 5) is 14.2. The van der Waals surface area contributed by atoms with Crippen molar-refractivity contribution in [3.63, 3.8) is 0 Å². The summed E-state index contributed by atoms with van der Waals surface area (Å²) >= 11 is 0. The number of hydrogen-bond acceptors (Lipinski definition) is 3. The lowest BCUT2D eigenvalue weighted by atomic mass is 10.1. The van der Waals surface area contributed by atoms with Crippen LogP contribution in [0.15, 0.2) is 48.5 Å². The Morgan fingerprint density at radius 3 is 2.72 bits per heavy atom. The lowest BCUT2D eigenvalue weighted by Crippen LogP contribution is -2.42. The van der Waals surface area contributed by atoms with E-state index in [1.165, 1.54) is 6.07 Å². The first-order valence-electron chi connectivity index (χ1n) is 8.30. The van der Waals surface area contributed by atoms with Crippen molar-refractivity contribution in [3.8, 4) is 6.07 Å². The van der Waals surface area contributed by atoms with Gasteiger partial charge in [-0.1, -0.05) is 30.3 Å². The quantitative estimate of drug-likeness (QED) is 0.860. The topological polar surface area (TPSA) is 53.3 Å². The van der Waals surface area contributed by atoms with E-state index in [1.807, 2.05) is 12.1 Å². The Hall–Kier alpha value is -2.71. The molecule has 0 aliphatic carbocycles. The fourth-order valence-corrected chi connectivity index (χ4v) is 2.96. The molecule has 1 fully saturated rings. The van der Waals surface area contributed by atoms with E-state index in [1.54, 1.807) is 35.2 Å². The van der Waals surface area contributed by atoms with E-state index in [0.29, 0.717) is 43.7 Å². The molecular weight excluding hydrogens is 319 g/mol. The Morgan fingerprint density at radius 1 is 1.24 bits per heavy atom. The van der Waals surface area contributed by atoms with E-state index in [4.69, 9.17) is 10.00 Å². The zero-order chi connectivity index (χ0) is 17.6. The summed E-state index contributed by atoms with van der Waals surface area (Å²) in [6.45, 7) is 1.30. The SMILES string of the molecule is N#Cc1ccc(CCC(=O)N2CCOC(c3ccccc3F)C2)cc1. The highest BCUT2D eigenvalue weighted by atomic mass is 19.1. The second-order valence-corrected chi connectivity index (χ2v) is 6.03. The molecule has 1 amide bonds. The summed E-state index contributed by atoms with van der Waals surface area (Å²) in [6, 6.07) is 15.8. The molecule has 5 heteroatoms. The minimum Gasteiger partial charge on any atom is -0.370 e. The van der Waals surface area contributed by atoms with Gasteiger partial charge in [-0.15, -0.1) is 0 Å². The summed E-state index contributed by atoms with van der Waals surface area (Å²) in [5, 5.41) is 8.81. The number of hydrogen-bond donors (Lipinski definition) is 0. The van der Waals surface area contributed by atoms with Gasteiger partial charge in [0.25, 0.3) is 0 Å². The molecule has 0 N–H and O–H groups in total. The van der Waals surface area contributed by atoms with Gasteiger partial charge in [0.05, 0.1) is 24.8 Å². The van der Waals surface area contributed by atoms with Crippen molar-refractivity contribution in [1.29, 1.82) is 5.26 Å². The Balaban J connectivity index is 1.58. The number of aryl methyl sites for hydroxylation is 1. The third-order valence-electron chi connectivity index (χ3n) is 4.38. The molecule has 4 nitrogen and oxygen atoms in total. The van der Waals surface area contributed by atoms with Gasteiger partial charge in [0.15, 0.2) is 0 Å². The molecule has 2 aromatic rings. The van der Waals surface area contributed by atoms with Crippen LogP contribution < -0.4 is 0 Å². The largest absolute Gasteiger partial charge is 0.370 e. The Kier molecular flexibility index (Phi) is 5.42. The first kappa shape index (κ1) is 17.1. The van der Waals surface area contributed by atoms with E-state index in [2.05, 4.69) is 6.07 Å². The van der Waals surface area contributed by atoms with E-state index >= 15 is 0 Å². The molecule has 0 bridgehead atoms. The van der Waals surface area contributed by atoms with Gasteiger partial charge in [-0.3, -0.25) is 4.79 Å². The molecule has 1 saturated heterocycles.